The number of rotatable bonds is 2. The van der Waals surface area contributed by atoms with E-state index in [0.29, 0.717) is 0 Å². The standard InChI is InChI=1S/C21H22F2N8O10P2S2.2Na/c22-7-1-30(17-10(7)19(33)28-5-26-17)21-15-13(32)8(38-21)2-36-42(34,44)40-14-9(3-37-43(35,45)41-15)39-20(11(14)23)31-6-29-12-16(24)25-4-27-18(12)31;;/h1,4-6,8-9,11,13-15,20-21,32H,2-3H2,(H,34,44)(H,35,45)(H2,24,25,27)(H,26,28,33);;/q;2*+1/p-2/t8-,9-,11-,13-,14-,15-,20-,21-,42?,43?;;/m1../s1. The number of nitrogens with two attached hydrogens (primary N) is 1. The van der Waals surface area contributed by atoms with Gasteiger partial charge in [-0.1, -0.05) is 11.8 Å². The van der Waals surface area contributed by atoms with Crippen LogP contribution in [0.15, 0.2) is 30.0 Å². The zero-order valence-electron chi connectivity index (χ0n) is 24.2. The summed E-state index contributed by atoms with van der Waals surface area (Å²) in [6.07, 6.45) is -8.76. The molecule has 0 aliphatic carbocycles. The largest absolute Gasteiger partial charge is 1.00 e. The predicted molar refractivity (Wildman–Crippen MR) is 150 cm³/mol. The summed E-state index contributed by atoms with van der Waals surface area (Å²) < 4.78 is 79.6. The maximum Gasteiger partial charge on any atom is 1.00 e. The van der Waals surface area contributed by atoms with Gasteiger partial charge in [-0.05, 0) is 0 Å². The summed E-state index contributed by atoms with van der Waals surface area (Å²) in [6.45, 7) is -10.6. The van der Waals surface area contributed by atoms with Crippen molar-refractivity contribution in [1.82, 2.24) is 34.1 Å². The van der Waals surface area contributed by atoms with Crippen molar-refractivity contribution in [2.75, 3.05) is 18.9 Å². The third-order valence-corrected chi connectivity index (χ3v) is 10.5. The Morgan fingerprint density at radius 1 is 1.06 bits per heavy atom. The fourth-order valence-corrected chi connectivity index (χ4v) is 8.18. The number of imidazole rings is 1. The van der Waals surface area contributed by atoms with Crippen molar-refractivity contribution in [2.24, 2.45) is 0 Å². The molecule has 0 saturated carbocycles. The van der Waals surface area contributed by atoms with E-state index in [1.165, 1.54) is 10.9 Å². The van der Waals surface area contributed by atoms with E-state index in [0.717, 1.165) is 23.4 Å². The molecule has 0 amide bonds. The third-order valence-electron chi connectivity index (χ3n) is 7.38. The van der Waals surface area contributed by atoms with Crippen molar-refractivity contribution < 1.29 is 110 Å². The molecule has 10 atom stereocenters. The molecule has 26 heteroatoms. The summed E-state index contributed by atoms with van der Waals surface area (Å²) >= 11 is 10.1. The van der Waals surface area contributed by atoms with Crippen LogP contribution >= 0.6 is 13.5 Å². The number of ether oxygens (including phenoxy) is 2. The van der Waals surface area contributed by atoms with Crippen LogP contribution in [-0.2, 0) is 56.2 Å². The number of aliphatic hydroxyl groups is 1. The van der Waals surface area contributed by atoms with Gasteiger partial charge in [-0.15, -0.1) is 0 Å². The summed E-state index contributed by atoms with van der Waals surface area (Å²) in [5.41, 5.74) is 5.09. The number of nitrogen functional groups attached to an aromatic ring is 1. The summed E-state index contributed by atoms with van der Waals surface area (Å²) in [7, 11) is 0. The van der Waals surface area contributed by atoms with Crippen LogP contribution < -0.4 is 75.3 Å². The Hall–Kier alpha value is -0.460. The van der Waals surface area contributed by atoms with E-state index in [1.54, 1.807) is 0 Å². The van der Waals surface area contributed by atoms with E-state index >= 15 is 4.39 Å². The molecule has 4 aromatic heterocycles. The number of H-pyrrole nitrogens is 1. The molecule has 47 heavy (non-hydrogen) atoms. The summed E-state index contributed by atoms with van der Waals surface area (Å²) in [5.74, 6) is -0.955. The van der Waals surface area contributed by atoms with Crippen LogP contribution in [0.1, 0.15) is 12.5 Å². The summed E-state index contributed by atoms with van der Waals surface area (Å²) in [4.78, 5) is 43.7. The van der Waals surface area contributed by atoms with Gasteiger partial charge < -0.3 is 65.1 Å². The van der Waals surface area contributed by atoms with Crippen molar-refractivity contribution in [3.63, 3.8) is 0 Å². The van der Waals surface area contributed by atoms with Crippen LogP contribution in [-0.4, -0.2) is 89.1 Å². The number of fused-ring (bicyclic) bond motifs is 5. The quantitative estimate of drug-likeness (QED) is 0.0981. The molecule has 4 N–H and O–H groups in total. The number of hydrogen-bond donors (Lipinski definition) is 3. The van der Waals surface area contributed by atoms with Crippen LogP contribution in [0.2, 0.25) is 0 Å². The van der Waals surface area contributed by atoms with Crippen molar-refractivity contribution in [3.8, 4) is 0 Å². The number of aliphatic hydroxyl groups excluding tert-OH is 1. The van der Waals surface area contributed by atoms with Crippen LogP contribution in [0, 0.1) is 5.82 Å². The monoisotopic (exact) mass is 754 g/mol. The number of aromatic amines is 1. The molecule has 242 valence electrons. The average molecular weight is 754 g/mol. The second-order valence-corrected chi connectivity index (χ2v) is 15.5. The van der Waals surface area contributed by atoms with E-state index < -0.39 is 92.6 Å². The normalized spacial score (nSPS) is 36.1. The molecule has 0 aromatic carbocycles. The van der Waals surface area contributed by atoms with Crippen LogP contribution in [0.3, 0.4) is 0 Å². The molecule has 3 aliphatic rings. The minimum Gasteiger partial charge on any atom is -0.780 e. The summed E-state index contributed by atoms with van der Waals surface area (Å²) in [5, 5.41) is 10.6. The average Bonchev–Trinajstić information content (AvgIpc) is 3.71. The third kappa shape index (κ3) is 7.07. The molecular weight excluding hydrogens is 734 g/mol. The van der Waals surface area contributed by atoms with Crippen LogP contribution in [0.5, 0.6) is 0 Å². The van der Waals surface area contributed by atoms with E-state index in [1.807, 2.05) is 0 Å². The van der Waals surface area contributed by atoms with Gasteiger partial charge in [0, 0.05) is 6.20 Å². The van der Waals surface area contributed by atoms with E-state index in [-0.39, 0.29) is 81.7 Å². The number of hydrogen-bond acceptors (Lipinski definition) is 17. The number of aromatic nitrogens is 7. The van der Waals surface area contributed by atoms with Crippen molar-refractivity contribution in [2.45, 2.75) is 49.1 Å². The number of alkyl halides is 1. The smallest absolute Gasteiger partial charge is 0.780 e. The number of halogens is 2. The second-order valence-electron chi connectivity index (χ2n) is 10.1. The molecule has 7 rings (SSSR count). The minimum absolute atomic E-state index is 0. The second kappa shape index (κ2) is 14.3. The maximum absolute atomic E-state index is 16.0. The van der Waals surface area contributed by atoms with E-state index in [9.17, 15) is 23.7 Å². The number of nitrogens with zero attached hydrogens (tertiary/aromatic N) is 6. The van der Waals surface area contributed by atoms with Gasteiger partial charge in [0.25, 0.3) is 5.56 Å². The molecule has 3 saturated heterocycles. The molecule has 0 spiro atoms. The van der Waals surface area contributed by atoms with E-state index in [2.05, 4.69) is 24.9 Å². The van der Waals surface area contributed by atoms with Gasteiger partial charge in [0.2, 0.25) is 6.80 Å². The van der Waals surface area contributed by atoms with Gasteiger partial charge in [0.1, 0.15) is 54.5 Å². The van der Waals surface area contributed by atoms with Crippen LogP contribution in [0.4, 0.5) is 14.6 Å². The van der Waals surface area contributed by atoms with Crippen molar-refractivity contribution in [1.29, 1.82) is 0 Å². The molecule has 3 aliphatic heterocycles. The Bertz CT molecular complexity index is 1960. The van der Waals surface area contributed by atoms with Gasteiger partial charge in [0.15, 0.2) is 41.6 Å². The Labute approximate surface area is 316 Å². The van der Waals surface area contributed by atoms with Gasteiger partial charge in [-0.3, -0.25) is 13.9 Å². The fraction of sp³-hybridized carbons (Fsp3) is 0.476. The molecule has 7 heterocycles. The Balaban J connectivity index is 0.00000217. The first kappa shape index (κ1) is 37.8. The minimum atomic E-state index is -4.59. The topological polar surface area (TPSA) is 236 Å². The van der Waals surface area contributed by atoms with Gasteiger partial charge >= 0.3 is 59.1 Å². The molecule has 0 radical (unpaired) electrons. The summed E-state index contributed by atoms with van der Waals surface area (Å²) in [6, 6.07) is 0. The maximum atomic E-state index is 16.0. The molecule has 2 unspecified atom stereocenters. The van der Waals surface area contributed by atoms with Crippen molar-refractivity contribution in [3.05, 3.63) is 41.3 Å². The van der Waals surface area contributed by atoms with Crippen molar-refractivity contribution >= 4 is 65.6 Å². The zero-order valence-corrected chi connectivity index (χ0v) is 31.6. The molecule has 2 bridgehead atoms. The molecule has 18 nitrogen and oxygen atoms in total. The van der Waals surface area contributed by atoms with Gasteiger partial charge in [0.05, 0.1) is 25.9 Å². The number of nitrogens with one attached hydrogen (secondary N) is 1. The van der Waals surface area contributed by atoms with Crippen LogP contribution in [0.25, 0.3) is 22.2 Å². The molecular formula is C21H20F2N8Na2O10P2S2. The van der Waals surface area contributed by atoms with Gasteiger partial charge in [-0.25, -0.2) is 28.7 Å². The predicted octanol–water partition coefficient (Wildman–Crippen LogP) is -6.16. The fourth-order valence-electron chi connectivity index (χ4n) is 5.36. The first-order valence-corrected chi connectivity index (χ1v) is 18.0. The first-order chi connectivity index (χ1) is 21.3. The first-order valence-electron chi connectivity index (χ1n) is 12.9. The Kier molecular flexibility index (Phi) is 11.5. The zero-order chi connectivity index (χ0) is 31.8. The van der Waals surface area contributed by atoms with Gasteiger partial charge in [-0.2, -0.15) is 0 Å². The molecule has 4 aromatic rings. The number of anilines is 1. The Morgan fingerprint density at radius 3 is 2.55 bits per heavy atom. The Morgan fingerprint density at radius 2 is 1.79 bits per heavy atom. The SMILES string of the molecule is Nc1ncnc2c1ncn2[C@@H]1O[C@@H]2COP(=O)([S-])O[C@@H]3[C@H](O)[C@@H](COP([O-])(=S)O[C@H]2[C@H]1F)O[C@H]3n1cc(F)c2c(=O)[nH]cnc21.[Na+].[Na+]. The molecule has 3 fully saturated rings. The van der Waals surface area contributed by atoms with E-state index in [4.69, 9.17) is 57.4 Å².